The third-order valence-corrected chi connectivity index (χ3v) is 8.81. The Morgan fingerprint density at radius 3 is 2.77 bits per heavy atom. The third-order valence-electron chi connectivity index (χ3n) is 6.95. The molecule has 1 saturated heterocycles. The summed E-state index contributed by atoms with van der Waals surface area (Å²) in [6.45, 7) is 2.07. The molecule has 0 spiro atoms. The van der Waals surface area contributed by atoms with Gasteiger partial charge in [0.25, 0.3) is 0 Å². The van der Waals surface area contributed by atoms with Crippen molar-refractivity contribution in [2.75, 3.05) is 33.2 Å². The van der Waals surface area contributed by atoms with Gasteiger partial charge in [-0.2, -0.15) is 4.31 Å². The van der Waals surface area contributed by atoms with Gasteiger partial charge in [-0.25, -0.2) is 12.8 Å². The number of pyridine rings is 1. The van der Waals surface area contributed by atoms with Gasteiger partial charge in [0.2, 0.25) is 10.0 Å². The summed E-state index contributed by atoms with van der Waals surface area (Å²) in [6.07, 6.45) is 6.53. The monoisotopic (exact) mass is 497 g/mol. The van der Waals surface area contributed by atoms with Crippen LogP contribution in [0.1, 0.15) is 18.4 Å². The first-order chi connectivity index (χ1) is 16.7. The number of sulfonamides is 1. The molecule has 35 heavy (non-hydrogen) atoms. The molecule has 9 heteroatoms. The highest BCUT2D eigenvalue weighted by atomic mass is 32.2. The summed E-state index contributed by atoms with van der Waals surface area (Å²) in [5.74, 6) is -0.289. The molecule has 0 unspecified atom stereocenters. The van der Waals surface area contributed by atoms with Gasteiger partial charge in [-0.15, -0.1) is 0 Å². The normalized spacial score (nSPS) is 16.9. The topological polar surface area (TPSA) is 86.9 Å². The highest BCUT2D eigenvalue weighted by molar-refractivity contribution is 7.89. The number of piperidine rings is 1. The number of benzene rings is 2. The van der Waals surface area contributed by atoms with Gasteiger partial charge in [-0.05, 0) is 55.2 Å². The first-order valence-electron chi connectivity index (χ1n) is 11.6. The lowest BCUT2D eigenvalue weighted by molar-refractivity contribution is -0.0296. The van der Waals surface area contributed by atoms with Crippen molar-refractivity contribution in [3.8, 4) is 0 Å². The summed E-state index contributed by atoms with van der Waals surface area (Å²) < 4.78 is 47.1. The van der Waals surface area contributed by atoms with Crippen LogP contribution in [0.2, 0.25) is 0 Å². The van der Waals surface area contributed by atoms with Crippen LogP contribution < -0.4 is 0 Å². The first-order valence-corrected chi connectivity index (χ1v) is 13.1. The molecular weight excluding hydrogens is 469 g/mol. The lowest BCUT2D eigenvalue weighted by Gasteiger charge is -2.40. The minimum absolute atomic E-state index is 0.0241. The smallest absolute Gasteiger partial charge is 0.243 e. The van der Waals surface area contributed by atoms with Gasteiger partial charge >= 0.3 is 0 Å². The number of fused-ring (bicyclic) bond motifs is 2. The number of aromatic nitrogens is 1. The zero-order valence-corrected chi connectivity index (χ0v) is 20.3. The number of likely N-dealkylation sites (tertiary alicyclic amines) is 1. The SMILES string of the molecule is CN(CC1(O)CCN(CCc2coc3ccc(F)cc23)CC1)S(=O)(=O)c1cccc2cnccc12. The summed E-state index contributed by atoms with van der Waals surface area (Å²) >= 11 is 0. The molecule has 1 aliphatic rings. The lowest BCUT2D eigenvalue weighted by atomic mass is 9.91. The van der Waals surface area contributed by atoms with Crippen LogP contribution in [0.25, 0.3) is 21.7 Å². The van der Waals surface area contributed by atoms with Crippen molar-refractivity contribution in [2.45, 2.75) is 29.8 Å². The Morgan fingerprint density at radius 1 is 1.17 bits per heavy atom. The fourth-order valence-corrected chi connectivity index (χ4v) is 6.32. The second kappa shape index (κ2) is 9.31. The second-order valence-corrected chi connectivity index (χ2v) is 11.3. The Morgan fingerprint density at radius 2 is 1.97 bits per heavy atom. The van der Waals surface area contributed by atoms with Gasteiger partial charge in [0.05, 0.1) is 16.8 Å². The zero-order chi connectivity index (χ0) is 24.6. The molecule has 0 amide bonds. The molecule has 0 bridgehead atoms. The van der Waals surface area contributed by atoms with Crippen LogP contribution in [-0.2, 0) is 16.4 Å². The molecule has 184 valence electrons. The van der Waals surface area contributed by atoms with Crippen LogP contribution in [0.4, 0.5) is 4.39 Å². The Bertz CT molecular complexity index is 1460. The first kappa shape index (κ1) is 23.9. The molecule has 0 saturated carbocycles. The van der Waals surface area contributed by atoms with Crippen LogP contribution in [0, 0.1) is 5.82 Å². The average molecular weight is 498 g/mol. The number of aliphatic hydroxyl groups is 1. The number of hydrogen-bond donors (Lipinski definition) is 1. The average Bonchev–Trinajstić information content (AvgIpc) is 3.25. The quantitative estimate of drug-likeness (QED) is 0.418. The molecule has 2 aromatic carbocycles. The van der Waals surface area contributed by atoms with Crippen LogP contribution >= 0.6 is 0 Å². The van der Waals surface area contributed by atoms with Crippen molar-refractivity contribution in [1.82, 2.24) is 14.2 Å². The maximum Gasteiger partial charge on any atom is 0.243 e. The third kappa shape index (κ3) is 4.81. The van der Waals surface area contributed by atoms with E-state index in [1.54, 1.807) is 42.9 Å². The number of likely N-dealkylation sites (N-methyl/N-ethyl adjacent to an activating group) is 1. The van der Waals surface area contributed by atoms with E-state index < -0.39 is 15.6 Å². The maximum absolute atomic E-state index is 13.6. The van der Waals surface area contributed by atoms with Gasteiger partial charge in [-0.1, -0.05) is 12.1 Å². The summed E-state index contributed by atoms with van der Waals surface area (Å²) in [6, 6.07) is 11.3. The van der Waals surface area contributed by atoms with Crippen molar-refractivity contribution in [3.63, 3.8) is 0 Å². The van der Waals surface area contributed by atoms with Crippen LogP contribution in [0.15, 0.2) is 70.4 Å². The summed E-state index contributed by atoms with van der Waals surface area (Å²) in [4.78, 5) is 6.52. The fraction of sp³-hybridized carbons (Fsp3) is 0.346. The minimum Gasteiger partial charge on any atom is -0.464 e. The van der Waals surface area contributed by atoms with E-state index in [4.69, 9.17) is 4.42 Å². The van der Waals surface area contributed by atoms with E-state index in [1.807, 2.05) is 6.07 Å². The summed E-state index contributed by atoms with van der Waals surface area (Å²) in [5.41, 5.74) is 0.521. The summed E-state index contributed by atoms with van der Waals surface area (Å²) in [5, 5.41) is 13.4. The van der Waals surface area contributed by atoms with E-state index in [2.05, 4.69) is 9.88 Å². The van der Waals surface area contributed by atoms with E-state index in [9.17, 15) is 17.9 Å². The zero-order valence-electron chi connectivity index (χ0n) is 19.5. The number of halogens is 1. The summed E-state index contributed by atoms with van der Waals surface area (Å²) in [7, 11) is -2.27. The van der Waals surface area contributed by atoms with Crippen molar-refractivity contribution < 1.29 is 22.3 Å². The predicted octanol–water partition coefficient (Wildman–Crippen LogP) is 3.81. The molecule has 7 nitrogen and oxygen atoms in total. The molecule has 5 rings (SSSR count). The van der Waals surface area contributed by atoms with E-state index >= 15 is 0 Å². The Hall–Kier alpha value is -2.85. The van der Waals surface area contributed by atoms with E-state index in [0.29, 0.717) is 43.3 Å². The fourth-order valence-electron chi connectivity index (χ4n) is 4.86. The molecule has 0 atom stereocenters. The Labute approximate surface area is 203 Å². The molecule has 1 aliphatic heterocycles. The largest absolute Gasteiger partial charge is 0.464 e. The van der Waals surface area contributed by atoms with Crippen molar-refractivity contribution in [2.24, 2.45) is 0 Å². The standard InChI is InChI=1S/C26H28FN3O4S/c1-29(35(32,33)25-4-2-3-19-16-28-11-7-22(19)25)18-26(31)9-13-30(14-10-26)12-8-20-17-34-24-6-5-21(27)15-23(20)24/h2-7,11,15-17,31H,8-10,12-14,18H2,1H3. The molecule has 0 radical (unpaired) electrons. The van der Waals surface area contributed by atoms with Crippen LogP contribution in [0.5, 0.6) is 0 Å². The molecular formula is C26H28FN3O4S. The molecule has 2 aromatic heterocycles. The van der Waals surface area contributed by atoms with E-state index in [-0.39, 0.29) is 17.3 Å². The number of nitrogens with zero attached hydrogens (tertiary/aromatic N) is 3. The van der Waals surface area contributed by atoms with Crippen molar-refractivity contribution in [1.29, 1.82) is 0 Å². The lowest BCUT2D eigenvalue weighted by Crippen LogP contribution is -2.51. The number of furan rings is 1. The molecule has 3 heterocycles. The highest BCUT2D eigenvalue weighted by Gasteiger charge is 2.36. The van der Waals surface area contributed by atoms with Gasteiger partial charge in [0.15, 0.2) is 0 Å². The highest BCUT2D eigenvalue weighted by Crippen LogP contribution is 2.29. The van der Waals surface area contributed by atoms with Crippen LogP contribution in [-0.4, -0.2) is 66.5 Å². The molecule has 1 fully saturated rings. The number of rotatable bonds is 7. The van der Waals surface area contributed by atoms with Gasteiger partial charge < -0.3 is 14.4 Å². The van der Waals surface area contributed by atoms with E-state index in [1.165, 1.54) is 23.5 Å². The van der Waals surface area contributed by atoms with Crippen LogP contribution in [0.3, 0.4) is 0 Å². The van der Waals surface area contributed by atoms with Gasteiger partial charge in [-0.3, -0.25) is 4.98 Å². The minimum atomic E-state index is -3.79. The number of hydrogen-bond acceptors (Lipinski definition) is 6. The predicted molar refractivity (Wildman–Crippen MR) is 132 cm³/mol. The molecule has 1 N–H and O–H groups in total. The van der Waals surface area contributed by atoms with E-state index in [0.717, 1.165) is 22.9 Å². The van der Waals surface area contributed by atoms with Gasteiger partial charge in [0, 0.05) is 61.8 Å². The Kier molecular flexibility index (Phi) is 6.35. The Balaban J connectivity index is 1.21. The van der Waals surface area contributed by atoms with Crippen molar-refractivity contribution >= 4 is 31.8 Å². The molecule has 4 aromatic rings. The second-order valence-electron chi connectivity index (χ2n) is 9.33. The van der Waals surface area contributed by atoms with Gasteiger partial charge in [0.1, 0.15) is 11.4 Å². The van der Waals surface area contributed by atoms with Crippen molar-refractivity contribution in [3.05, 3.63) is 72.5 Å². The molecule has 0 aliphatic carbocycles. The maximum atomic E-state index is 13.6.